The van der Waals surface area contributed by atoms with E-state index in [0.717, 1.165) is 19.4 Å². The maximum Gasteiger partial charge on any atom is 0.411 e. The Morgan fingerprint density at radius 2 is 2.25 bits per heavy atom. The highest BCUT2D eigenvalue weighted by atomic mass is 19.4. The van der Waals surface area contributed by atoms with Crippen LogP contribution < -0.4 is 0 Å². The van der Waals surface area contributed by atoms with Crippen molar-refractivity contribution in [2.45, 2.75) is 38.4 Å². The summed E-state index contributed by atoms with van der Waals surface area (Å²) in [6, 6.07) is 0.0218. The first-order valence-corrected chi connectivity index (χ1v) is 6.70. The lowest BCUT2D eigenvalue weighted by atomic mass is 10.2. The van der Waals surface area contributed by atoms with Crippen molar-refractivity contribution in [3.05, 3.63) is 11.7 Å². The molecule has 2 heterocycles. The van der Waals surface area contributed by atoms with E-state index in [1.165, 1.54) is 0 Å². The van der Waals surface area contributed by atoms with Crippen molar-refractivity contribution in [3.63, 3.8) is 0 Å². The number of halogens is 3. The molecule has 0 saturated carbocycles. The third kappa shape index (κ3) is 4.17. The van der Waals surface area contributed by atoms with E-state index in [1.807, 2.05) is 11.8 Å². The average molecular weight is 293 g/mol. The predicted octanol–water partition coefficient (Wildman–Crippen LogP) is 2.35. The van der Waals surface area contributed by atoms with E-state index in [-0.39, 0.29) is 12.6 Å². The van der Waals surface area contributed by atoms with Gasteiger partial charge in [0.25, 0.3) is 0 Å². The number of hydrogen-bond donors (Lipinski definition) is 0. The minimum Gasteiger partial charge on any atom is -0.371 e. The van der Waals surface area contributed by atoms with Crippen molar-refractivity contribution >= 4 is 0 Å². The van der Waals surface area contributed by atoms with Crippen LogP contribution in [0.5, 0.6) is 0 Å². The molecule has 8 heteroatoms. The number of ether oxygens (including phenoxy) is 1. The van der Waals surface area contributed by atoms with Gasteiger partial charge in [-0.05, 0) is 19.4 Å². The number of nitrogens with zero attached hydrogens (tertiary/aromatic N) is 3. The molecule has 20 heavy (non-hydrogen) atoms. The summed E-state index contributed by atoms with van der Waals surface area (Å²) in [5, 5.41) is 3.94. The van der Waals surface area contributed by atoms with Crippen LogP contribution in [0, 0.1) is 0 Å². The van der Waals surface area contributed by atoms with E-state index in [9.17, 15) is 13.2 Å². The first kappa shape index (κ1) is 15.2. The van der Waals surface area contributed by atoms with Crippen molar-refractivity contribution in [3.8, 4) is 0 Å². The third-order valence-electron chi connectivity index (χ3n) is 3.24. The van der Waals surface area contributed by atoms with Gasteiger partial charge in [0.05, 0.1) is 12.6 Å². The molecule has 0 amide bonds. The first-order chi connectivity index (χ1) is 9.49. The number of aromatic nitrogens is 2. The second kappa shape index (κ2) is 6.53. The van der Waals surface area contributed by atoms with Crippen molar-refractivity contribution in [2.75, 3.05) is 26.3 Å². The van der Waals surface area contributed by atoms with Crippen molar-refractivity contribution in [1.82, 2.24) is 15.0 Å². The van der Waals surface area contributed by atoms with E-state index in [1.54, 1.807) is 0 Å². The van der Waals surface area contributed by atoms with Crippen LogP contribution in [0.1, 0.15) is 37.5 Å². The summed E-state index contributed by atoms with van der Waals surface area (Å²) in [7, 11) is 0. The van der Waals surface area contributed by atoms with E-state index >= 15 is 0 Å². The highest BCUT2D eigenvalue weighted by Crippen LogP contribution is 2.29. The fraction of sp³-hybridized carbons (Fsp3) is 0.833. The second-order valence-electron chi connectivity index (χ2n) is 4.76. The van der Waals surface area contributed by atoms with Crippen LogP contribution >= 0.6 is 0 Å². The topological polar surface area (TPSA) is 51.4 Å². The van der Waals surface area contributed by atoms with Gasteiger partial charge in [-0.3, -0.25) is 4.90 Å². The normalized spacial score (nSPS) is 20.7. The molecule has 1 aliphatic rings. The van der Waals surface area contributed by atoms with E-state index in [2.05, 4.69) is 14.9 Å². The molecule has 1 aromatic rings. The number of likely N-dealkylation sites (tertiary alicyclic amines) is 1. The molecule has 1 aromatic heterocycles. The Kier molecular flexibility index (Phi) is 4.98. The zero-order chi connectivity index (χ0) is 14.6. The number of aryl methyl sites for hydroxylation is 1. The lowest BCUT2D eigenvalue weighted by Gasteiger charge is -2.21. The molecule has 1 atom stereocenters. The fourth-order valence-electron chi connectivity index (χ4n) is 2.30. The van der Waals surface area contributed by atoms with Gasteiger partial charge in [-0.2, -0.15) is 18.2 Å². The summed E-state index contributed by atoms with van der Waals surface area (Å²) >= 11 is 0. The molecular weight excluding hydrogens is 275 g/mol. The molecule has 2 rings (SSSR count). The van der Waals surface area contributed by atoms with Gasteiger partial charge in [-0.25, -0.2) is 0 Å². The summed E-state index contributed by atoms with van der Waals surface area (Å²) in [5.41, 5.74) is 0. The summed E-state index contributed by atoms with van der Waals surface area (Å²) in [6.45, 7) is 2.03. The fourth-order valence-corrected chi connectivity index (χ4v) is 2.30. The average Bonchev–Trinajstić information content (AvgIpc) is 3.01. The van der Waals surface area contributed by atoms with E-state index in [4.69, 9.17) is 4.52 Å². The van der Waals surface area contributed by atoms with Crippen LogP contribution in [0.25, 0.3) is 0 Å². The second-order valence-corrected chi connectivity index (χ2v) is 4.76. The molecular formula is C12H18F3N3O2. The van der Waals surface area contributed by atoms with Crippen LogP contribution in [-0.2, 0) is 11.2 Å². The maximum atomic E-state index is 12.0. The Bertz CT molecular complexity index is 422. The Morgan fingerprint density at radius 3 is 2.90 bits per heavy atom. The highest BCUT2D eigenvalue weighted by molar-refractivity contribution is 4.98. The van der Waals surface area contributed by atoms with Gasteiger partial charge in [0.1, 0.15) is 6.61 Å². The molecule has 1 fully saturated rings. The van der Waals surface area contributed by atoms with E-state index in [0.29, 0.717) is 24.7 Å². The van der Waals surface area contributed by atoms with Crippen LogP contribution in [0.3, 0.4) is 0 Å². The molecule has 0 N–H and O–H groups in total. The van der Waals surface area contributed by atoms with Gasteiger partial charge in [0.15, 0.2) is 5.82 Å². The smallest absolute Gasteiger partial charge is 0.371 e. The molecule has 0 aromatic carbocycles. The van der Waals surface area contributed by atoms with Crippen molar-refractivity contribution in [2.24, 2.45) is 0 Å². The zero-order valence-electron chi connectivity index (χ0n) is 11.3. The summed E-state index contributed by atoms with van der Waals surface area (Å²) < 4.78 is 45.6. The van der Waals surface area contributed by atoms with Gasteiger partial charge in [-0.1, -0.05) is 12.1 Å². The Morgan fingerprint density at radius 1 is 1.45 bits per heavy atom. The Balaban J connectivity index is 1.81. The Hall–Kier alpha value is -1.15. The van der Waals surface area contributed by atoms with Crippen LogP contribution in [0.15, 0.2) is 4.52 Å². The molecule has 1 aliphatic heterocycles. The maximum absolute atomic E-state index is 12.0. The lowest BCUT2D eigenvalue weighted by Crippen LogP contribution is -2.29. The monoisotopic (exact) mass is 293 g/mol. The highest BCUT2D eigenvalue weighted by Gasteiger charge is 2.31. The van der Waals surface area contributed by atoms with E-state index < -0.39 is 12.8 Å². The lowest BCUT2D eigenvalue weighted by molar-refractivity contribution is -0.174. The molecule has 1 saturated heterocycles. The number of rotatable bonds is 6. The van der Waals surface area contributed by atoms with Crippen molar-refractivity contribution < 1.29 is 22.4 Å². The van der Waals surface area contributed by atoms with Crippen LogP contribution in [0.4, 0.5) is 13.2 Å². The number of hydrogen-bond acceptors (Lipinski definition) is 5. The molecule has 0 spiro atoms. The minimum atomic E-state index is -4.27. The molecule has 5 nitrogen and oxygen atoms in total. The van der Waals surface area contributed by atoms with Crippen LogP contribution in [-0.4, -0.2) is 47.5 Å². The molecule has 0 bridgehead atoms. The zero-order valence-corrected chi connectivity index (χ0v) is 11.3. The molecule has 0 aliphatic carbocycles. The van der Waals surface area contributed by atoms with Gasteiger partial charge in [-0.15, -0.1) is 0 Å². The SMILES string of the molecule is CCc1nc(C2CCCN2CCOCC(F)(F)F)no1. The minimum absolute atomic E-state index is 0.0218. The largest absolute Gasteiger partial charge is 0.411 e. The Labute approximate surface area is 115 Å². The quantitative estimate of drug-likeness (QED) is 0.754. The molecule has 1 unspecified atom stereocenters. The molecule has 0 radical (unpaired) electrons. The van der Waals surface area contributed by atoms with Crippen LogP contribution in [0.2, 0.25) is 0 Å². The first-order valence-electron chi connectivity index (χ1n) is 6.70. The van der Waals surface area contributed by atoms with Crippen molar-refractivity contribution in [1.29, 1.82) is 0 Å². The predicted molar refractivity (Wildman–Crippen MR) is 64.1 cm³/mol. The summed E-state index contributed by atoms with van der Waals surface area (Å²) in [6.07, 6.45) is -1.73. The number of alkyl halides is 3. The molecule has 114 valence electrons. The third-order valence-corrected chi connectivity index (χ3v) is 3.24. The summed E-state index contributed by atoms with van der Waals surface area (Å²) in [5.74, 6) is 1.20. The van der Waals surface area contributed by atoms with Gasteiger partial charge < -0.3 is 9.26 Å². The van der Waals surface area contributed by atoms with Gasteiger partial charge in [0.2, 0.25) is 5.89 Å². The van der Waals surface area contributed by atoms with Gasteiger partial charge in [0, 0.05) is 13.0 Å². The standard InChI is InChI=1S/C12H18F3N3O2/c1-2-10-16-11(17-20-10)9-4-3-5-18(9)6-7-19-8-12(13,14)15/h9H,2-8H2,1H3. The van der Waals surface area contributed by atoms with Gasteiger partial charge >= 0.3 is 6.18 Å². The summed E-state index contributed by atoms with van der Waals surface area (Å²) in [4.78, 5) is 6.33.